The number of nitrogens with zero attached hydrogens (tertiary/aromatic N) is 3. The van der Waals surface area contributed by atoms with Gasteiger partial charge in [-0.1, -0.05) is 19.9 Å². The van der Waals surface area contributed by atoms with Crippen LogP contribution >= 0.6 is 0 Å². The van der Waals surface area contributed by atoms with Gasteiger partial charge < -0.3 is 4.57 Å². The molecule has 0 atom stereocenters. The molecule has 6 nitrogen and oxygen atoms in total. The van der Waals surface area contributed by atoms with Gasteiger partial charge in [-0.05, 0) is 55.2 Å². The molecule has 0 aliphatic heterocycles. The number of nitrogens with one attached hydrogen (secondary N) is 1. The summed E-state index contributed by atoms with van der Waals surface area (Å²) in [6.45, 7) is 8.85. The normalized spacial score (nSPS) is 12.2. The zero-order chi connectivity index (χ0) is 18.9. The van der Waals surface area contributed by atoms with Crippen LogP contribution in [0.15, 0.2) is 41.4 Å². The molecule has 0 radical (unpaired) electrons. The van der Waals surface area contributed by atoms with Gasteiger partial charge in [0.25, 0.3) is 0 Å². The Kier molecular flexibility index (Phi) is 5.11. The minimum Gasteiger partial charge on any atom is -0.311 e. The number of hydrogen-bond donors (Lipinski definition) is 1. The first kappa shape index (κ1) is 18.5. The predicted molar refractivity (Wildman–Crippen MR) is 102 cm³/mol. The number of imidazole rings is 1. The van der Waals surface area contributed by atoms with Crippen LogP contribution in [0.2, 0.25) is 0 Å². The number of rotatable bonds is 6. The van der Waals surface area contributed by atoms with E-state index in [4.69, 9.17) is 0 Å². The molecule has 0 bridgehead atoms. The lowest BCUT2D eigenvalue weighted by Gasteiger charge is -2.12. The summed E-state index contributed by atoms with van der Waals surface area (Å²) in [6, 6.07) is 9.02. The number of aryl methyl sites for hydroxylation is 2. The Morgan fingerprint density at radius 3 is 2.50 bits per heavy atom. The first-order valence-electron chi connectivity index (χ1n) is 8.64. The van der Waals surface area contributed by atoms with Crippen LogP contribution in [0.4, 0.5) is 0 Å². The highest BCUT2D eigenvalue weighted by Gasteiger charge is 2.18. The van der Waals surface area contributed by atoms with Crippen molar-refractivity contribution in [2.45, 2.75) is 45.7 Å². The van der Waals surface area contributed by atoms with E-state index in [-0.39, 0.29) is 11.4 Å². The zero-order valence-electron chi connectivity index (χ0n) is 15.5. The Labute approximate surface area is 154 Å². The van der Waals surface area contributed by atoms with E-state index in [0.717, 1.165) is 28.8 Å². The number of benzene rings is 1. The van der Waals surface area contributed by atoms with Crippen molar-refractivity contribution >= 4 is 21.2 Å². The van der Waals surface area contributed by atoms with Crippen LogP contribution in [0.1, 0.15) is 30.8 Å². The third kappa shape index (κ3) is 3.94. The average molecular weight is 372 g/mol. The van der Waals surface area contributed by atoms with Crippen LogP contribution < -0.4 is 4.72 Å². The molecule has 3 rings (SSSR count). The van der Waals surface area contributed by atoms with Crippen molar-refractivity contribution in [1.29, 1.82) is 0 Å². The van der Waals surface area contributed by atoms with Crippen molar-refractivity contribution in [3.05, 3.63) is 53.5 Å². The third-order valence-corrected chi connectivity index (χ3v) is 5.44. The van der Waals surface area contributed by atoms with Crippen molar-refractivity contribution < 1.29 is 8.42 Å². The molecule has 0 saturated carbocycles. The predicted octanol–water partition coefficient (Wildman–Crippen LogP) is 3.18. The minimum absolute atomic E-state index is 0.123. The van der Waals surface area contributed by atoms with E-state index in [1.165, 1.54) is 0 Å². The SMILES string of the molecule is Cc1cc(C)cc(S(=O)(=O)NCc2nc3cccnc3n2CC(C)C)c1. The molecule has 0 amide bonds. The highest BCUT2D eigenvalue weighted by molar-refractivity contribution is 7.89. The number of aromatic nitrogens is 3. The molecule has 0 spiro atoms. The molecule has 0 unspecified atom stereocenters. The van der Waals surface area contributed by atoms with Crippen molar-refractivity contribution in [2.24, 2.45) is 5.92 Å². The molecule has 0 saturated heterocycles. The third-order valence-electron chi connectivity index (χ3n) is 4.06. The van der Waals surface area contributed by atoms with Crippen LogP contribution in [0.3, 0.4) is 0 Å². The fourth-order valence-corrected chi connectivity index (χ4v) is 4.20. The van der Waals surface area contributed by atoms with Crippen molar-refractivity contribution in [1.82, 2.24) is 19.3 Å². The monoisotopic (exact) mass is 372 g/mol. The summed E-state index contributed by atoms with van der Waals surface area (Å²) < 4.78 is 30.1. The standard InChI is InChI=1S/C19H24N4O2S/c1-13(2)12-23-18(22-17-6-5-7-20-19(17)23)11-21-26(24,25)16-9-14(3)8-15(4)10-16/h5-10,13,21H,11-12H2,1-4H3. The van der Waals surface area contributed by atoms with Gasteiger partial charge in [0.1, 0.15) is 11.3 Å². The molecule has 138 valence electrons. The van der Waals surface area contributed by atoms with Crippen molar-refractivity contribution in [3.8, 4) is 0 Å². The van der Waals surface area contributed by atoms with Crippen LogP contribution in [-0.4, -0.2) is 23.0 Å². The maximum absolute atomic E-state index is 12.7. The summed E-state index contributed by atoms with van der Waals surface area (Å²) in [5.74, 6) is 1.06. The Bertz CT molecular complexity index is 1020. The molecule has 3 aromatic rings. The highest BCUT2D eigenvalue weighted by atomic mass is 32.2. The lowest BCUT2D eigenvalue weighted by atomic mass is 10.2. The number of sulfonamides is 1. The fourth-order valence-electron chi connectivity index (χ4n) is 3.03. The molecule has 7 heteroatoms. The molecule has 1 aromatic carbocycles. The molecule has 2 aromatic heterocycles. The van der Waals surface area contributed by atoms with E-state index >= 15 is 0 Å². The summed E-state index contributed by atoms with van der Waals surface area (Å²) >= 11 is 0. The summed E-state index contributed by atoms with van der Waals surface area (Å²) in [7, 11) is -3.61. The molecule has 0 aliphatic rings. The van der Waals surface area contributed by atoms with E-state index in [1.54, 1.807) is 18.3 Å². The van der Waals surface area contributed by atoms with Gasteiger partial charge in [-0.15, -0.1) is 0 Å². The second-order valence-electron chi connectivity index (χ2n) is 7.03. The van der Waals surface area contributed by atoms with E-state index < -0.39 is 10.0 Å². The summed E-state index contributed by atoms with van der Waals surface area (Å²) in [5, 5.41) is 0. The van der Waals surface area contributed by atoms with Crippen molar-refractivity contribution in [2.75, 3.05) is 0 Å². The molecule has 1 N–H and O–H groups in total. The van der Waals surface area contributed by atoms with Crippen LogP contribution in [0.5, 0.6) is 0 Å². The van der Waals surface area contributed by atoms with Crippen LogP contribution in [0, 0.1) is 19.8 Å². The van der Waals surface area contributed by atoms with Gasteiger partial charge in [0.05, 0.1) is 11.4 Å². The smallest absolute Gasteiger partial charge is 0.240 e. The topological polar surface area (TPSA) is 76.9 Å². The maximum Gasteiger partial charge on any atom is 0.240 e. The molecule has 0 aliphatic carbocycles. The first-order valence-corrected chi connectivity index (χ1v) is 10.1. The summed E-state index contributed by atoms with van der Waals surface area (Å²) in [6.07, 6.45) is 1.73. The molecule has 2 heterocycles. The number of fused-ring (bicyclic) bond motifs is 1. The summed E-state index contributed by atoms with van der Waals surface area (Å²) in [5.41, 5.74) is 3.39. The second kappa shape index (κ2) is 7.17. The van der Waals surface area contributed by atoms with E-state index in [2.05, 4.69) is 28.5 Å². The lowest BCUT2D eigenvalue weighted by molar-refractivity contribution is 0.510. The molecular weight excluding hydrogens is 348 g/mol. The number of pyridine rings is 1. The molecule has 26 heavy (non-hydrogen) atoms. The molecule has 0 fully saturated rings. The van der Waals surface area contributed by atoms with E-state index in [0.29, 0.717) is 11.7 Å². The van der Waals surface area contributed by atoms with Crippen molar-refractivity contribution in [3.63, 3.8) is 0 Å². The maximum atomic E-state index is 12.7. The zero-order valence-corrected chi connectivity index (χ0v) is 16.3. The van der Waals surface area contributed by atoms with Gasteiger partial charge in [0, 0.05) is 12.7 Å². The average Bonchev–Trinajstić information content (AvgIpc) is 2.89. The highest BCUT2D eigenvalue weighted by Crippen LogP contribution is 2.18. The largest absolute Gasteiger partial charge is 0.311 e. The quantitative estimate of drug-likeness (QED) is 0.721. The second-order valence-corrected chi connectivity index (χ2v) is 8.79. The number of hydrogen-bond acceptors (Lipinski definition) is 4. The fraction of sp³-hybridized carbons (Fsp3) is 0.368. The lowest BCUT2D eigenvalue weighted by Crippen LogP contribution is -2.25. The van der Waals surface area contributed by atoms with Gasteiger partial charge >= 0.3 is 0 Å². The summed E-state index contributed by atoms with van der Waals surface area (Å²) in [4.78, 5) is 9.25. The van der Waals surface area contributed by atoms with Gasteiger partial charge in [-0.3, -0.25) is 0 Å². The Balaban J connectivity index is 1.91. The van der Waals surface area contributed by atoms with Gasteiger partial charge in [0.15, 0.2) is 5.65 Å². The Morgan fingerprint density at radius 2 is 1.85 bits per heavy atom. The van der Waals surface area contributed by atoms with Gasteiger partial charge in [-0.2, -0.15) is 0 Å². The Morgan fingerprint density at radius 1 is 1.15 bits per heavy atom. The van der Waals surface area contributed by atoms with Crippen LogP contribution in [0.25, 0.3) is 11.2 Å². The van der Waals surface area contributed by atoms with Gasteiger partial charge in [-0.25, -0.2) is 23.1 Å². The van der Waals surface area contributed by atoms with Gasteiger partial charge in [0.2, 0.25) is 10.0 Å². The molecular formula is C19H24N4O2S. The van der Waals surface area contributed by atoms with Crippen LogP contribution in [-0.2, 0) is 23.1 Å². The van der Waals surface area contributed by atoms with E-state index in [9.17, 15) is 8.42 Å². The van der Waals surface area contributed by atoms with E-state index in [1.807, 2.05) is 36.6 Å². The first-order chi connectivity index (χ1) is 12.3. The Hall–Kier alpha value is -2.25. The minimum atomic E-state index is -3.61.